The lowest BCUT2D eigenvalue weighted by molar-refractivity contribution is 0.511. The molecule has 0 amide bonds. The highest BCUT2D eigenvalue weighted by atomic mass is 32.2. The van der Waals surface area contributed by atoms with Crippen LogP contribution in [0, 0.1) is 0 Å². The summed E-state index contributed by atoms with van der Waals surface area (Å²) in [5, 5.41) is 3.52. The Kier molecular flexibility index (Phi) is 3.46. The first-order chi connectivity index (χ1) is 5.27. The third-order valence-electron chi connectivity index (χ3n) is 2.05. The Balaban J connectivity index is 2.23. The van der Waals surface area contributed by atoms with E-state index in [0.29, 0.717) is 4.87 Å². The third kappa shape index (κ3) is 2.88. The van der Waals surface area contributed by atoms with Gasteiger partial charge in [0.15, 0.2) is 0 Å². The minimum atomic E-state index is 0.361. The second-order valence-corrected chi connectivity index (χ2v) is 4.71. The molecule has 1 fully saturated rings. The van der Waals surface area contributed by atoms with Crippen LogP contribution in [0.25, 0.3) is 0 Å². The normalized spacial score (nSPS) is 31.8. The smallest absolute Gasteiger partial charge is 0.0620 e. The lowest BCUT2D eigenvalue weighted by atomic mass is 10.1. The molecule has 1 aliphatic rings. The minimum Gasteiger partial charge on any atom is -0.302 e. The topological polar surface area (TPSA) is 12.0 Å². The van der Waals surface area contributed by atoms with E-state index in [1.165, 1.54) is 25.1 Å². The van der Waals surface area contributed by atoms with E-state index >= 15 is 0 Å². The average molecular weight is 171 g/mol. The van der Waals surface area contributed by atoms with Crippen molar-refractivity contribution in [1.29, 1.82) is 0 Å². The zero-order valence-corrected chi connectivity index (χ0v) is 8.21. The number of thioether (sulfide) groups is 1. The van der Waals surface area contributed by atoms with Gasteiger partial charge < -0.3 is 5.32 Å². The SMILES string of the molecule is C/C=C/CCC1(C)NCCS1. The summed E-state index contributed by atoms with van der Waals surface area (Å²) in [5.41, 5.74) is 0. The number of hydrogen-bond acceptors (Lipinski definition) is 2. The maximum atomic E-state index is 3.52. The summed E-state index contributed by atoms with van der Waals surface area (Å²) in [5.74, 6) is 1.27. The van der Waals surface area contributed by atoms with Crippen molar-refractivity contribution in [2.75, 3.05) is 12.3 Å². The van der Waals surface area contributed by atoms with Gasteiger partial charge in [0.25, 0.3) is 0 Å². The van der Waals surface area contributed by atoms with Crippen molar-refractivity contribution in [2.24, 2.45) is 0 Å². The molecule has 1 unspecified atom stereocenters. The van der Waals surface area contributed by atoms with Gasteiger partial charge in [-0.15, -0.1) is 11.8 Å². The predicted octanol–water partition coefficient (Wildman–Crippen LogP) is 2.40. The van der Waals surface area contributed by atoms with Crippen molar-refractivity contribution in [2.45, 2.75) is 31.6 Å². The van der Waals surface area contributed by atoms with Crippen LogP contribution in [0.5, 0.6) is 0 Å². The molecule has 0 aromatic heterocycles. The standard InChI is InChI=1S/C9H17NS/c1-3-4-5-6-9(2)10-7-8-11-9/h3-4,10H,5-8H2,1-2H3/b4-3+. The van der Waals surface area contributed by atoms with E-state index in [2.05, 4.69) is 43.1 Å². The van der Waals surface area contributed by atoms with E-state index < -0.39 is 0 Å². The van der Waals surface area contributed by atoms with Gasteiger partial charge >= 0.3 is 0 Å². The molecule has 1 heterocycles. The van der Waals surface area contributed by atoms with Crippen LogP contribution in [0.1, 0.15) is 26.7 Å². The van der Waals surface area contributed by atoms with Crippen molar-refractivity contribution < 1.29 is 0 Å². The molecule has 0 aromatic rings. The molecule has 64 valence electrons. The summed E-state index contributed by atoms with van der Waals surface area (Å²) in [6.07, 6.45) is 6.82. The first kappa shape index (κ1) is 9.14. The minimum absolute atomic E-state index is 0.361. The summed E-state index contributed by atoms with van der Waals surface area (Å²) in [6, 6.07) is 0. The van der Waals surface area contributed by atoms with Crippen LogP contribution in [0.15, 0.2) is 12.2 Å². The van der Waals surface area contributed by atoms with Crippen LogP contribution in [0.3, 0.4) is 0 Å². The van der Waals surface area contributed by atoms with Gasteiger partial charge in [0.05, 0.1) is 4.87 Å². The van der Waals surface area contributed by atoms with Crippen LogP contribution >= 0.6 is 11.8 Å². The molecular weight excluding hydrogens is 154 g/mol. The maximum Gasteiger partial charge on any atom is 0.0620 e. The van der Waals surface area contributed by atoms with Gasteiger partial charge in [-0.2, -0.15) is 0 Å². The first-order valence-corrected chi connectivity index (χ1v) is 5.25. The fourth-order valence-corrected chi connectivity index (χ4v) is 2.45. The van der Waals surface area contributed by atoms with E-state index in [4.69, 9.17) is 0 Å². The molecule has 0 aliphatic carbocycles. The largest absolute Gasteiger partial charge is 0.302 e. The van der Waals surface area contributed by atoms with Crippen molar-refractivity contribution in [1.82, 2.24) is 5.32 Å². The Morgan fingerprint density at radius 1 is 1.64 bits per heavy atom. The molecule has 1 aliphatic heterocycles. The Labute approximate surface area is 73.6 Å². The summed E-state index contributed by atoms with van der Waals surface area (Å²) in [7, 11) is 0. The van der Waals surface area contributed by atoms with Gasteiger partial charge in [-0.1, -0.05) is 12.2 Å². The van der Waals surface area contributed by atoms with Crippen LogP contribution in [0.4, 0.5) is 0 Å². The molecule has 1 N–H and O–H groups in total. The highest BCUT2D eigenvalue weighted by Gasteiger charge is 2.27. The quantitative estimate of drug-likeness (QED) is 0.654. The zero-order chi connectivity index (χ0) is 8.16. The second-order valence-electron chi connectivity index (χ2n) is 3.11. The number of hydrogen-bond donors (Lipinski definition) is 1. The molecule has 0 spiro atoms. The van der Waals surface area contributed by atoms with Gasteiger partial charge in [0.2, 0.25) is 0 Å². The molecule has 1 saturated heterocycles. The zero-order valence-electron chi connectivity index (χ0n) is 7.39. The van der Waals surface area contributed by atoms with Crippen LogP contribution in [-0.4, -0.2) is 17.2 Å². The van der Waals surface area contributed by atoms with Crippen molar-refractivity contribution >= 4 is 11.8 Å². The summed E-state index contributed by atoms with van der Waals surface area (Å²) in [6.45, 7) is 5.56. The number of allylic oxidation sites excluding steroid dienone is 2. The molecule has 1 atom stereocenters. The van der Waals surface area contributed by atoms with Gasteiger partial charge in [0.1, 0.15) is 0 Å². The van der Waals surface area contributed by atoms with Gasteiger partial charge in [-0.25, -0.2) is 0 Å². The van der Waals surface area contributed by atoms with E-state index in [9.17, 15) is 0 Å². The second kappa shape index (κ2) is 4.17. The van der Waals surface area contributed by atoms with Gasteiger partial charge in [0, 0.05) is 12.3 Å². The molecule has 0 bridgehead atoms. The lowest BCUT2D eigenvalue weighted by Crippen LogP contribution is -2.33. The Bertz CT molecular complexity index is 136. The lowest BCUT2D eigenvalue weighted by Gasteiger charge is -2.22. The van der Waals surface area contributed by atoms with Crippen LogP contribution in [-0.2, 0) is 0 Å². The molecule has 2 heteroatoms. The van der Waals surface area contributed by atoms with E-state index in [1.807, 2.05) is 0 Å². The van der Waals surface area contributed by atoms with Crippen molar-refractivity contribution in [3.63, 3.8) is 0 Å². The van der Waals surface area contributed by atoms with Crippen LogP contribution in [0.2, 0.25) is 0 Å². The number of nitrogens with one attached hydrogen (secondary N) is 1. The van der Waals surface area contributed by atoms with Gasteiger partial charge in [-0.3, -0.25) is 0 Å². The Hall–Kier alpha value is 0.0500. The third-order valence-corrected chi connectivity index (χ3v) is 3.44. The first-order valence-electron chi connectivity index (χ1n) is 4.27. The maximum absolute atomic E-state index is 3.52. The Morgan fingerprint density at radius 3 is 3.00 bits per heavy atom. The van der Waals surface area contributed by atoms with Gasteiger partial charge in [-0.05, 0) is 26.7 Å². The molecule has 0 aromatic carbocycles. The summed E-state index contributed by atoms with van der Waals surface area (Å²) in [4.78, 5) is 0.361. The Morgan fingerprint density at radius 2 is 2.45 bits per heavy atom. The molecule has 0 radical (unpaired) electrons. The molecule has 1 nitrogen and oxygen atoms in total. The van der Waals surface area contributed by atoms with Crippen molar-refractivity contribution in [3.8, 4) is 0 Å². The van der Waals surface area contributed by atoms with Crippen LogP contribution < -0.4 is 5.32 Å². The van der Waals surface area contributed by atoms with E-state index in [1.54, 1.807) is 0 Å². The molecule has 1 rings (SSSR count). The monoisotopic (exact) mass is 171 g/mol. The molecule has 11 heavy (non-hydrogen) atoms. The van der Waals surface area contributed by atoms with E-state index in [-0.39, 0.29) is 0 Å². The highest BCUT2D eigenvalue weighted by Crippen LogP contribution is 2.30. The summed E-state index contributed by atoms with van der Waals surface area (Å²) < 4.78 is 0. The number of rotatable bonds is 3. The molecular formula is C9H17NS. The fourth-order valence-electron chi connectivity index (χ4n) is 1.33. The summed E-state index contributed by atoms with van der Waals surface area (Å²) >= 11 is 2.05. The highest BCUT2D eigenvalue weighted by molar-refractivity contribution is 8.00. The van der Waals surface area contributed by atoms with E-state index in [0.717, 1.165) is 0 Å². The average Bonchev–Trinajstić information content (AvgIpc) is 2.38. The molecule has 0 saturated carbocycles. The predicted molar refractivity (Wildman–Crippen MR) is 52.9 cm³/mol. The fraction of sp³-hybridized carbons (Fsp3) is 0.778. The van der Waals surface area contributed by atoms with Crippen molar-refractivity contribution in [3.05, 3.63) is 12.2 Å².